The maximum atomic E-state index is 13.1. The Morgan fingerprint density at radius 2 is 0.465 bits per heavy atom. The van der Waals surface area contributed by atoms with Crippen LogP contribution in [0.3, 0.4) is 0 Å². The third kappa shape index (κ3) is 74.1. The molecule has 588 valence electrons. The van der Waals surface area contributed by atoms with E-state index in [9.17, 15) is 43.2 Å². The normalized spacial score (nSPS) is 13.9. The van der Waals surface area contributed by atoms with Crippen molar-refractivity contribution in [2.45, 2.75) is 439 Å². The standard InChI is InChI=1S/C80H156O17P2/c1-7-9-11-13-15-17-19-21-23-26-30-33-37-44-50-56-62-77(82)90-68-75(96-80(85)65-59-53-47-39-35-31-27-24-25-28-32-36-42-48-54-60-72(3)4)70-94-98(86,87)92-66-74(81)67-93-99(88,89)95-71-76(69-91-78(83)63-57-51-45-41-40-43-49-55-61-73(5)6)97-79(84)64-58-52-46-38-34-29-22-20-18-16-14-12-10-8-2/h72-76,81H,7-71H2,1-6H3,(H,86,87)(H,88,89)/t74-,75-,76-/m1/s1. The van der Waals surface area contributed by atoms with E-state index < -0.39 is 97.5 Å². The van der Waals surface area contributed by atoms with Gasteiger partial charge in [-0.1, -0.05) is 369 Å². The SMILES string of the molecule is CCCCCCCCCCCCCCCCCCC(=O)OC[C@H](COP(=O)(O)OC[C@@H](O)COP(=O)(O)OC[C@@H](COC(=O)CCCCCCCCCCC(C)C)OC(=O)CCCCCCCCCCCCCCCC)OC(=O)CCCCCCCCCCCCCCCCCC(C)C. The maximum Gasteiger partial charge on any atom is 0.472 e. The number of ether oxygens (including phenoxy) is 4. The number of rotatable bonds is 79. The van der Waals surface area contributed by atoms with Gasteiger partial charge >= 0.3 is 39.5 Å². The molecule has 0 aliphatic carbocycles. The number of phosphoric acid groups is 2. The summed E-state index contributed by atoms with van der Waals surface area (Å²) in [5.74, 6) is -0.579. The molecule has 0 amide bonds. The van der Waals surface area contributed by atoms with Gasteiger partial charge in [0.05, 0.1) is 26.4 Å². The highest BCUT2D eigenvalue weighted by Crippen LogP contribution is 2.45. The van der Waals surface area contributed by atoms with E-state index in [1.54, 1.807) is 0 Å². The van der Waals surface area contributed by atoms with Crippen LogP contribution in [0.5, 0.6) is 0 Å². The molecular formula is C80H156O17P2. The van der Waals surface area contributed by atoms with Crippen molar-refractivity contribution in [3.05, 3.63) is 0 Å². The molecule has 0 aromatic rings. The van der Waals surface area contributed by atoms with E-state index in [-0.39, 0.29) is 25.7 Å². The molecule has 17 nitrogen and oxygen atoms in total. The van der Waals surface area contributed by atoms with Gasteiger partial charge in [0.15, 0.2) is 12.2 Å². The highest BCUT2D eigenvalue weighted by Gasteiger charge is 2.30. The minimum absolute atomic E-state index is 0.108. The number of hydrogen-bond acceptors (Lipinski definition) is 15. The van der Waals surface area contributed by atoms with E-state index in [1.165, 1.54) is 238 Å². The van der Waals surface area contributed by atoms with Crippen LogP contribution >= 0.6 is 15.6 Å². The lowest BCUT2D eigenvalue weighted by Gasteiger charge is -2.21. The topological polar surface area (TPSA) is 237 Å². The van der Waals surface area contributed by atoms with Gasteiger partial charge in [-0.3, -0.25) is 37.3 Å². The first-order valence-electron chi connectivity index (χ1n) is 41.5. The van der Waals surface area contributed by atoms with Crippen molar-refractivity contribution in [3.63, 3.8) is 0 Å². The van der Waals surface area contributed by atoms with Crippen LogP contribution in [0.4, 0.5) is 0 Å². The van der Waals surface area contributed by atoms with Crippen LogP contribution in [0.2, 0.25) is 0 Å². The fraction of sp³-hybridized carbons (Fsp3) is 0.950. The van der Waals surface area contributed by atoms with Gasteiger partial charge in [-0.15, -0.1) is 0 Å². The van der Waals surface area contributed by atoms with E-state index in [4.69, 9.17) is 37.0 Å². The van der Waals surface area contributed by atoms with E-state index >= 15 is 0 Å². The Labute approximate surface area is 607 Å². The molecule has 0 saturated heterocycles. The second kappa shape index (κ2) is 71.7. The summed E-state index contributed by atoms with van der Waals surface area (Å²) in [5.41, 5.74) is 0. The lowest BCUT2D eigenvalue weighted by atomic mass is 10.0. The van der Waals surface area contributed by atoms with E-state index in [1.807, 2.05) is 0 Å². The quantitative estimate of drug-likeness (QED) is 0.0222. The van der Waals surface area contributed by atoms with Crippen molar-refractivity contribution in [1.29, 1.82) is 0 Å². The number of esters is 4. The molecule has 0 radical (unpaired) electrons. The van der Waals surface area contributed by atoms with Gasteiger partial charge in [-0.2, -0.15) is 0 Å². The summed E-state index contributed by atoms with van der Waals surface area (Å²) in [5, 5.41) is 10.6. The monoisotopic (exact) mass is 1450 g/mol. The molecule has 0 aliphatic heterocycles. The average Bonchev–Trinajstić information content (AvgIpc) is 1.09. The van der Waals surface area contributed by atoms with Crippen molar-refractivity contribution in [2.24, 2.45) is 11.8 Å². The summed E-state index contributed by atoms with van der Waals surface area (Å²) in [7, 11) is -9.92. The van der Waals surface area contributed by atoms with Crippen LogP contribution in [0.1, 0.15) is 420 Å². The first-order chi connectivity index (χ1) is 47.9. The van der Waals surface area contributed by atoms with Crippen molar-refractivity contribution in [1.82, 2.24) is 0 Å². The zero-order valence-corrected chi connectivity index (χ0v) is 66.6. The molecule has 0 bridgehead atoms. The minimum atomic E-state index is -4.96. The van der Waals surface area contributed by atoms with Gasteiger partial charge in [-0.05, 0) is 37.5 Å². The van der Waals surface area contributed by atoms with Crippen molar-refractivity contribution >= 4 is 39.5 Å². The van der Waals surface area contributed by atoms with Gasteiger partial charge < -0.3 is 33.8 Å². The summed E-state index contributed by atoms with van der Waals surface area (Å²) >= 11 is 0. The Morgan fingerprint density at radius 3 is 0.687 bits per heavy atom. The molecule has 0 aromatic carbocycles. The van der Waals surface area contributed by atoms with Crippen molar-refractivity contribution in [2.75, 3.05) is 39.6 Å². The molecule has 0 aromatic heterocycles. The summed E-state index contributed by atoms with van der Waals surface area (Å²) in [6.45, 7) is 9.63. The third-order valence-electron chi connectivity index (χ3n) is 18.7. The zero-order valence-electron chi connectivity index (χ0n) is 64.8. The summed E-state index contributed by atoms with van der Waals surface area (Å²) in [4.78, 5) is 73.0. The van der Waals surface area contributed by atoms with Crippen LogP contribution in [0.15, 0.2) is 0 Å². The average molecular weight is 1450 g/mol. The van der Waals surface area contributed by atoms with Crippen LogP contribution in [-0.4, -0.2) is 96.7 Å². The predicted octanol–water partition coefficient (Wildman–Crippen LogP) is 23.9. The van der Waals surface area contributed by atoms with Gasteiger partial charge in [0.25, 0.3) is 0 Å². The number of carbonyl (C=O) groups excluding carboxylic acids is 4. The molecule has 19 heteroatoms. The Bertz CT molecular complexity index is 1910. The van der Waals surface area contributed by atoms with Crippen molar-refractivity contribution < 1.29 is 80.2 Å². The van der Waals surface area contributed by atoms with Gasteiger partial charge in [0, 0.05) is 25.7 Å². The molecule has 0 rings (SSSR count). The van der Waals surface area contributed by atoms with E-state index in [2.05, 4.69) is 41.5 Å². The van der Waals surface area contributed by atoms with Gasteiger partial charge in [0.2, 0.25) is 0 Å². The highest BCUT2D eigenvalue weighted by molar-refractivity contribution is 7.47. The molecular weight excluding hydrogens is 1290 g/mol. The first-order valence-corrected chi connectivity index (χ1v) is 44.5. The Kier molecular flexibility index (Phi) is 70.3. The first kappa shape index (κ1) is 97.1. The number of carbonyl (C=O) groups is 4. The number of aliphatic hydroxyl groups is 1. The molecule has 0 heterocycles. The summed E-state index contributed by atoms with van der Waals surface area (Å²) < 4.78 is 68.7. The molecule has 99 heavy (non-hydrogen) atoms. The molecule has 2 unspecified atom stereocenters. The number of hydrogen-bond donors (Lipinski definition) is 3. The van der Waals surface area contributed by atoms with Crippen LogP contribution in [-0.2, 0) is 65.4 Å². The minimum Gasteiger partial charge on any atom is -0.462 e. The molecule has 0 spiro atoms. The molecule has 0 aliphatic rings. The Balaban J connectivity index is 5.25. The maximum absolute atomic E-state index is 13.1. The van der Waals surface area contributed by atoms with Gasteiger partial charge in [0.1, 0.15) is 19.3 Å². The second-order valence-electron chi connectivity index (χ2n) is 29.8. The van der Waals surface area contributed by atoms with E-state index in [0.717, 1.165) is 102 Å². The predicted molar refractivity (Wildman–Crippen MR) is 405 cm³/mol. The van der Waals surface area contributed by atoms with Crippen molar-refractivity contribution in [3.8, 4) is 0 Å². The molecule has 0 fully saturated rings. The summed E-state index contributed by atoms with van der Waals surface area (Å²) in [6.07, 6.45) is 61.0. The summed E-state index contributed by atoms with van der Waals surface area (Å²) in [6, 6.07) is 0. The molecule has 0 saturated carbocycles. The number of unbranched alkanes of at least 4 members (excludes halogenated alkanes) is 49. The zero-order chi connectivity index (χ0) is 72.8. The fourth-order valence-electron chi connectivity index (χ4n) is 12.4. The largest absolute Gasteiger partial charge is 0.472 e. The van der Waals surface area contributed by atoms with Crippen LogP contribution in [0.25, 0.3) is 0 Å². The number of phosphoric ester groups is 2. The van der Waals surface area contributed by atoms with E-state index in [0.29, 0.717) is 25.7 Å². The van der Waals surface area contributed by atoms with Crippen LogP contribution < -0.4 is 0 Å². The molecule has 3 N–H and O–H groups in total. The number of aliphatic hydroxyl groups excluding tert-OH is 1. The Morgan fingerprint density at radius 1 is 0.273 bits per heavy atom. The van der Waals surface area contributed by atoms with Gasteiger partial charge in [-0.25, -0.2) is 9.13 Å². The van der Waals surface area contributed by atoms with Crippen LogP contribution in [0, 0.1) is 11.8 Å². The smallest absolute Gasteiger partial charge is 0.462 e. The highest BCUT2D eigenvalue weighted by atomic mass is 31.2. The Hall–Kier alpha value is -1.94. The lowest BCUT2D eigenvalue weighted by Crippen LogP contribution is -2.30. The second-order valence-corrected chi connectivity index (χ2v) is 32.7. The lowest BCUT2D eigenvalue weighted by molar-refractivity contribution is -0.161. The fourth-order valence-corrected chi connectivity index (χ4v) is 13.9. The molecule has 5 atom stereocenters. The third-order valence-corrected chi connectivity index (χ3v) is 20.6.